The van der Waals surface area contributed by atoms with E-state index < -0.39 is 4.92 Å². The van der Waals surface area contributed by atoms with Crippen LogP contribution in [0.5, 0.6) is 0 Å². The van der Waals surface area contributed by atoms with E-state index in [1.807, 2.05) is 6.92 Å². The van der Waals surface area contributed by atoms with Gasteiger partial charge in [-0.1, -0.05) is 18.7 Å². The van der Waals surface area contributed by atoms with Gasteiger partial charge in [-0.05, 0) is 17.9 Å². The molecule has 1 aliphatic heterocycles. The van der Waals surface area contributed by atoms with Gasteiger partial charge >= 0.3 is 0 Å². The first-order valence-corrected chi connectivity index (χ1v) is 8.75. The van der Waals surface area contributed by atoms with Crippen LogP contribution in [0.2, 0.25) is 0 Å². The first-order valence-electron chi connectivity index (χ1n) is 6.78. The van der Waals surface area contributed by atoms with Crippen LogP contribution in [0.15, 0.2) is 39.1 Å². The van der Waals surface area contributed by atoms with Crippen LogP contribution in [0.25, 0.3) is 5.69 Å². The zero-order valence-corrected chi connectivity index (χ0v) is 13.4. The van der Waals surface area contributed by atoms with Crippen molar-refractivity contribution in [2.45, 2.75) is 23.4 Å². The first kappa shape index (κ1) is 15.1. The lowest BCUT2D eigenvalue weighted by atomic mass is 10.2. The lowest BCUT2D eigenvalue weighted by Crippen LogP contribution is -2.23. The van der Waals surface area contributed by atoms with E-state index in [9.17, 15) is 14.9 Å². The third kappa shape index (κ3) is 2.64. The number of nitro groups is 1. The monoisotopic (exact) mass is 335 g/mol. The maximum atomic E-state index is 12.7. The molecule has 3 rings (SSSR count). The smallest absolute Gasteiger partial charge is 0.268 e. The van der Waals surface area contributed by atoms with Crippen LogP contribution in [-0.4, -0.2) is 26.0 Å². The second-order valence-corrected chi connectivity index (χ2v) is 6.95. The Kier molecular flexibility index (Phi) is 4.21. The zero-order valence-electron chi connectivity index (χ0n) is 11.8. The molecule has 1 aliphatic rings. The maximum absolute atomic E-state index is 12.7. The van der Waals surface area contributed by atoms with Crippen LogP contribution in [0.3, 0.4) is 0 Å². The van der Waals surface area contributed by atoms with Crippen molar-refractivity contribution in [2.75, 3.05) is 11.5 Å². The number of fused-ring (bicyclic) bond motifs is 1. The summed E-state index contributed by atoms with van der Waals surface area (Å²) in [6.45, 7) is 2.00. The Morgan fingerprint density at radius 1 is 1.41 bits per heavy atom. The van der Waals surface area contributed by atoms with Crippen molar-refractivity contribution in [3.8, 4) is 5.69 Å². The number of hydrogen-bond donors (Lipinski definition) is 0. The highest BCUT2D eigenvalue weighted by Gasteiger charge is 2.22. The molecule has 0 fully saturated rings. The molecule has 0 radical (unpaired) electrons. The Bertz CT molecular complexity index is 787. The van der Waals surface area contributed by atoms with Crippen molar-refractivity contribution in [3.05, 3.63) is 50.4 Å². The Balaban J connectivity index is 2.16. The van der Waals surface area contributed by atoms with Gasteiger partial charge in [0.25, 0.3) is 11.2 Å². The van der Waals surface area contributed by atoms with Gasteiger partial charge in [0.1, 0.15) is 0 Å². The van der Waals surface area contributed by atoms with E-state index in [1.165, 1.54) is 35.7 Å². The molecule has 0 saturated heterocycles. The molecule has 1 aromatic heterocycles. The SMILES string of the molecule is CCSc1nc2c(c(=O)n1-c1ccc([N+](=O)[O-])cc1)SCC2. The number of aromatic nitrogens is 2. The predicted octanol–water partition coefficient (Wildman–Crippen LogP) is 2.90. The molecule has 0 unspecified atom stereocenters. The van der Waals surface area contributed by atoms with Crippen LogP contribution in [0.1, 0.15) is 12.6 Å². The highest BCUT2D eigenvalue weighted by atomic mass is 32.2. The molecule has 0 aliphatic carbocycles. The number of rotatable bonds is 4. The van der Waals surface area contributed by atoms with E-state index in [-0.39, 0.29) is 11.2 Å². The van der Waals surface area contributed by atoms with Gasteiger partial charge < -0.3 is 0 Å². The summed E-state index contributed by atoms with van der Waals surface area (Å²) in [4.78, 5) is 28.3. The van der Waals surface area contributed by atoms with Crippen LogP contribution >= 0.6 is 23.5 Å². The second kappa shape index (κ2) is 6.13. The molecule has 2 heterocycles. The molecule has 1 aromatic carbocycles. The molecule has 8 heteroatoms. The number of nitrogens with zero attached hydrogens (tertiary/aromatic N) is 3. The van der Waals surface area contributed by atoms with Gasteiger partial charge in [-0.15, -0.1) is 11.8 Å². The quantitative estimate of drug-likeness (QED) is 0.370. The fourth-order valence-electron chi connectivity index (χ4n) is 2.27. The van der Waals surface area contributed by atoms with E-state index in [0.717, 1.165) is 23.6 Å². The van der Waals surface area contributed by atoms with Crippen molar-refractivity contribution in [3.63, 3.8) is 0 Å². The largest absolute Gasteiger partial charge is 0.272 e. The van der Waals surface area contributed by atoms with E-state index in [2.05, 4.69) is 4.98 Å². The van der Waals surface area contributed by atoms with Gasteiger partial charge in [0.15, 0.2) is 5.16 Å². The van der Waals surface area contributed by atoms with Gasteiger partial charge in [-0.2, -0.15) is 0 Å². The third-order valence-corrected chi connectivity index (χ3v) is 5.19. The van der Waals surface area contributed by atoms with Crippen molar-refractivity contribution >= 4 is 29.2 Å². The molecule has 0 amide bonds. The minimum absolute atomic E-state index is 0.00462. The molecule has 22 heavy (non-hydrogen) atoms. The Hall–Kier alpha value is -1.80. The number of hydrogen-bond acceptors (Lipinski definition) is 6. The Morgan fingerprint density at radius 2 is 2.14 bits per heavy atom. The maximum Gasteiger partial charge on any atom is 0.272 e. The third-order valence-electron chi connectivity index (χ3n) is 3.26. The van der Waals surface area contributed by atoms with Gasteiger partial charge in [-0.3, -0.25) is 19.5 Å². The molecule has 0 saturated carbocycles. The summed E-state index contributed by atoms with van der Waals surface area (Å²) in [5, 5.41) is 11.4. The van der Waals surface area contributed by atoms with E-state index in [1.54, 1.807) is 16.7 Å². The number of non-ortho nitro benzene ring substituents is 1. The standard InChI is InChI=1S/C14H13N3O3S2/c1-2-21-14-15-11-7-8-22-12(11)13(18)16(14)9-3-5-10(6-4-9)17(19)20/h3-6H,2,7-8H2,1H3. The minimum Gasteiger partial charge on any atom is -0.268 e. The average Bonchev–Trinajstić information content (AvgIpc) is 2.97. The topological polar surface area (TPSA) is 78.0 Å². The summed E-state index contributed by atoms with van der Waals surface area (Å²) in [6, 6.07) is 5.99. The van der Waals surface area contributed by atoms with E-state index in [0.29, 0.717) is 15.7 Å². The molecular formula is C14H13N3O3S2. The lowest BCUT2D eigenvalue weighted by Gasteiger charge is -2.12. The van der Waals surface area contributed by atoms with Crippen molar-refractivity contribution in [2.24, 2.45) is 0 Å². The Labute approximate surface area is 135 Å². The molecule has 114 valence electrons. The van der Waals surface area contributed by atoms with Gasteiger partial charge in [0, 0.05) is 24.3 Å². The fourth-order valence-corrected chi connectivity index (χ4v) is 4.05. The predicted molar refractivity (Wildman–Crippen MR) is 87.3 cm³/mol. The highest BCUT2D eigenvalue weighted by molar-refractivity contribution is 7.99. The minimum atomic E-state index is -0.453. The second-order valence-electron chi connectivity index (χ2n) is 4.62. The number of thioether (sulfide) groups is 2. The summed E-state index contributed by atoms with van der Waals surface area (Å²) >= 11 is 3.02. The molecular weight excluding hydrogens is 322 g/mol. The number of nitro benzene ring substituents is 1. The lowest BCUT2D eigenvalue weighted by molar-refractivity contribution is -0.384. The summed E-state index contributed by atoms with van der Waals surface area (Å²) in [5.74, 6) is 1.67. The summed E-state index contributed by atoms with van der Waals surface area (Å²) in [5.41, 5.74) is 1.39. The van der Waals surface area contributed by atoms with Crippen LogP contribution in [-0.2, 0) is 6.42 Å². The van der Waals surface area contributed by atoms with Crippen molar-refractivity contribution in [1.29, 1.82) is 0 Å². The highest BCUT2D eigenvalue weighted by Crippen LogP contribution is 2.30. The summed E-state index contributed by atoms with van der Waals surface area (Å²) < 4.78 is 1.55. The number of benzene rings is 1. The molecule has 0 spiro atoms. The van der Waals surface area contributed by atoms with E-state index in [4.69, 9.17) is 0 Å². The summed E-state index contributed by atoms with van der Waals surface area (Å²) in [6.07, 6.45) is 0.813. The molecule has 6 nitrogen and oxygen atoms in total. The Morgan fingerprint density at radius 3 is 2.77 bits per heavy atom. The normalized spacial score (nSPS) is 13.1. The van der Waals surface area contributed by atoms with Crippen LogP contribution < -0.4 is 5.56 Å². The molecule has 0 atom stereocenters. The molecule has 0 N–H and O–H groups in total. The van der Waals surface area contributed by atoms with Crippen molar-refractivity contribution < 1.29 is 4.92 Å². The fraction of sp³-hybridized carbons (Fsp3) is 0.286. The van der Waals surface area contributed by atoms with Gasteiger partial charge in [0.2, 0.25) is 0 Å². The van der Waals surface area contributed by atoms with Crippen LogP contribution in [0, 0.1) is 10.1 Å². The van der Waals surface area contributed by atoms with Gasteiger partial charge in [0.05, 0.1) is 21.2 Å². The van der Waals surface area contributed by atoms with Gasteiger partial charge in [-0.25, -0.2) is 4.98 Å². The molecule has 2 aromatic rings. The molecule has 0 bridgehead atoms. The average molecular weight is 335 g/mol. The first-order chi connectivity index (χ1) is 10.6. The number of aryl methyl sites for hydroxylation is 1. The van der Waals surface area contributed by atoms with Crippen LogP contribution in [0.4, 0.5) is 5.69 Å². The van der Waals surface area contributed by atoms with Crippen molar-refractivity contribution in [1.82, 2.24) is 9.55 Å². The summed E-state index contributed by atoms with van der Waals surface area (Å²) in [7, 11) is 0. The zero-order chi connectivity index (χ0) is 15.7. The van der Waals surface area contributed by atoms with E-state index >= 15 is 0 Å².